The van der Waals surface area contributed by atoms with E-state index >= 15 is 0 Å². The zero-order chi connectivity index (χ0) is 21.0. The van der Waals surface area contributed by atoms with Crippen LogP contribution in [0, 0.1) is 0 Å². The van der Waals surface area contributed by atoms with Crippen LogP contribution in [0.25, 0.3) is 0 Å². The number of piperazine rings is 1. The Morgan fingerprint density at radius 2 is 1.66 bits per heavy atom. The first kappa shape index (κ1) is 21.0. The zero-order valence-electron chi connectivity index (χ0n) is 17.0. The van der Waals surface area contributed by atoms with E-state index in [-0.39, 0.29) is 5.91 Å². The summed E-state index contributed by atoms with van der Waals surface area (Å²) in [5.41, 5.74) is 2.50. The van der Waals surface area contributed by atoms with Gasteiger partial charge in [0, 0.05) is 33.2 Å². The average molecular weight is 418 g/mol. The third kappa shape index (κ3) is 5.00. The Morgan fingerprint density at radius 3 is 2.24 bits per heavy atom. The molecule has 3 rings (SSSR count). The lowest BCUT2D eigenvalue weighted by Crippen LogP contribution is -2.49. The van der Waals surface area contributed by atoms with Gasteiger partial charge >= 0.3 is 0 Å². The minimum Gasteiger partial charge on any atom is -0.495 e. The van der Waals surface area contributed by atoms with Crippen LogP contribution in [0.4, 0.5) is 11.4 Å². The third-order valence-corrected chi connectivity index (χ3v) is 6.42. The van der Waals surface area contributed by atoms with Gasteiger partial charge in [-0.15, -0.1) is 0 Å². The molecule has 0 atom stereocenters. The first-order chi connectivity index (χ1) is 13.8. The molecule has 156 valence electrons. The number of amides is 1. The van der Waals surface area contributed by atoms with Gasteiger partial charge in [0.15, 0.2) is 0 Å². The molecule has 7 nitrogen and oxygen atoms in total. The SMILES string of the molecule is COc1ccccc1N1CCN(C(=O)Cc2ccc(N(C)S(C)(=O)=O)cc2)CC1. The van der Waals surface area contributed by atoms with Gasteiger partial charge in [0.25, 0.3) is 0 Å². The van der Waals surface area contributed by atoms with E-state index in [1.807, 2.05) is 29.2 Å². The Balaban J connectivity index is 1.57. The van der Waals surface area contributed by atoms with E-state index in [0.717, 1.165) is 36.3 Å². The number of carbonyl (C=O) groups is 1. The van der Waals surface area contributed by atoms with Crippen molar-refractivity contribution in [3.63, 3.8) is 0 Å². The Kier molecular flexibility index (Phi) is 6.32. The molecule has 1 saturated heterocycles. The van der Waals surface area contributed by atoms with Crippen molar-refractivity contribution >= 4 is 27.3 Å². The number of rotatable bonds is 6. The lowest BCUT2D eigenvalue weighted by Gasteiger charge is -2.36. The first-order valence-corrected chi connectivity index (χ1v) is 11.3. The van der Waals surface area contributed by atoms with Crippen molar-refractivity contribution in [3.05, 3.63) is 54.1 Å². The second kappa shape index (κ2) is 8.73. The number of anilines is 2. The minimum atomic E-state index is -3.30. The van der Waals surface area contributed by atoms with Gasteiger partial charge in [-0.1, -0.05) is 24.3 Å². The monoisotopic (exact) mass is 417 g/mol. The summed E-state index contributed by atoms with van der Waals surface area (Å²) in [5.74, 6) is 0.917. The molecular weight excluding hydrogens is 390 g/mol. The number of sulfonamides is 1. The molecule has 8 heteroatoms. The fourth-order valence-electron chi connectivity index (χ4n) is 3.39. The highest BCUT2D eigenvalue weighted by atomic mass is 32.2. The number of nitrogens with zero attached hydrogens (tertiary/aromatic N) is 3. The van der Waals surface area contributed by atoms with Crippen LogP contribution in [0.15, 0.2) is 48.5 Å². The highest BCUT2D eigenvalue weighted by molar-refractivity contribution is 7.92. The summed E-state index contributed by atoms with van der Waals surface area (Å²) in [6.07, 6.45) is 1.46. The number of ether oxygens (including phenoxy) is 1. The summed E-state index contributed by atoms with van der Waals surface area (Å²) in [6, 6.07) is 15.0. The summed E-state index contributed by atoms with van der Waals surface area (Å²) >= 11 is 0. The van der Waals surface area contributed by atoms with E-state index in [0.29, 0.717) is 25.2 Å². The molecule has 29 heavy (non-hydrogen) atoms. The molecule has 0 unspecified atom stereocenters. The molecular formula is C21H27N3O4S. The van der Waals surface area contributed by atoms with Crippen LogP contribution in [0.3, 0.4) is 0 Å². The van der Waals surface area contributed by atoms with Crippen LogP contribution >= 0.6 is 0 Å². The number of para-hydroxylation sites is 2. The molecule has 0 bridgehead atoms. The Bertz CT molecular complexity index is 952. The maximum Gasteiger partial charge on any atom is 0.231 e. The lowest BCUT2D eigenvalue weighted by atomic mass is 10.1. The second-order valence-corrected chi connectivity index (χ2v) is 9.13. The van der Waals surface area contributed by atoms with Gasteiger partial charge in [-0.05, 0) is 29.8 Å². The van der Waals surface area contributed by atoms with Gasteiger partial charge in [0.05, 0.1) is 31.2 Å². The molecule has 1 heterocycles. The van der Waals surface area contributed by atoms with E-state index in [2.05, 4.69) is 4.90 Å². The smallest absolute Gasteiger partial charge is 0.231 e. The van der Waals surface area contributed by atoms with Crippen molar-refractivity contribution in [2.75, 3.05) is 55.8 Å². The number of benzene rings is 2. The van der Waals surface area contributed by atoms with E-state index in [9.17, 15) is 13.2 Å². The van der Waals surface area contributed by atoms with Crippen LogP contribution in [-0.4, -0.2) is 65.8 Å². The van der Waals surface area contributed by atoms with Gasteiger partial charge in [-0.25, -0.2) is 8.42 Å². The molecule has 2 aromatic carbocycles. The molecule has 0 aromatic heterocycles. The van der Waals surface area contributed by atoms with Gasteiger partial charge in [0.2, 0.25) is 15.9 Å². The molecule has 1 fully saturated rings. The second-order valence-electron chi connectivity index (χ2n) is 7.11. The molecule has 0 saturated carbocycles. The van der Waals surface area contributed by atoms with Gasteiger partial charge in [-0.2, -0.15) is 0 Å². The predicted molar refractivity (Wildman–Crippen MR) is 115 cm³/mol. The van der Waals surface area contributed by atoms with E-state index < -0.39 is 10.0 Å². The van der Waals surface area contributed by atoms with Gasteiger partial charge in [-0.3, -0.25) is 9.10 Å². The van der Waals surface area contributed by atoms with Crippen LogP contribution in [-0.2, 0) is 21.2 Å². The largest absolute Gasteiger partial charge is 0.495 e. The van der Waals surface area contributed by atoms with Crippen LogP contribution in [0.2, 0.25) is 0 Å². The standard InChI is InChI=1S/C21H27N3O4S/c1-22(29(3,26)27)18-10-8-17(9-11-18)16-21(25)24-14-12-23(13-15-24)19-6-4-5-7-20(19)28-2/h4-11H,12-16H2,1-3H3. The van der Waals surface area contributed by atoms with E-state index in [4.69, 9.17) is 4.74 Å². The van der Waals surface area contributed by atoms with E-state index in [1.165, 1.54) is 11.4 Å². The number of hydrogen-bond acceptors (Lipinski definition) is 5. The van der Waals surface area contributed by atoms with Crippen molar-refractivity contribution in [1.82, 2.24) is 4.90 Å². The zero-order valence-corrected chi connectivity index (χ0v) is 17.9. The van der Waals surface area contributed by atoms with Crippen LogP contribution in [0.1, 0.15) is 5.56 Å². The molecule has 0 radical (unpaired) electrons. The fourth-order valence-corrected chi connectivity index (χ4v) is 3.89. The molecule has 1 aliphatic heterocycles. The number of carbonyl (C=O) groups excluding carboxylic acids is 1. The highest BCUT2D eigenvalue weighted by Gasteiger charge is 2.23. The van der Waals surface area contributed by atoms with Crippen LogP contribution < -0.4 is 13.9 Å². The lowest BCUT2D eigenvalue weighted by molar-refractivity contribution is -0.130. The summed E-state index contributed by atoms with van der Waals surface area (Å²) in [6.45, 7) is 2.83. The normalized spacial score (nSPS) is 14.6. The molecule has 0 N–H and O–H groups in total. The predicted octanol–water partition coefficient (Wildman–Crippen LogP) is 1.98. The number of methoxy groups -OCH3 is 1. The van der Waals surface area contributed by atoms with Crippen molar-refractivity contribution in [3.8, 4) is 5.75 Å². The van der Waals surface area contributed by atoms with Gasteiger partial charge < -0.3 is 14.5 Å². The van der Waals surface area contributed by atoms with Crippen molar-refractivity contribution < 1.29 is 17.9 Å². The minimum absolute atomic E-state index is 0.0777. The van der Waals surface area contributed by atoms with Gasteiger partial charge in [0.1, 0.15) is 5.75 Å². The maximum absolute atomic E-state index is 12.7. The summed E-state index contributed by atoms with van der Waals surface area (Å²) in [5, 5.41) is 0. The molecule has 1 amide bonds. The highest BCUT2D eigenvalue weighted by Crippen LogP contribution is 2.28. The molecule has 0 spiro atoms. The Morgan fingerprint density at radius 1 is 1.03 bits per heavy atom. The maximum atomic E-state index is 12.7. The Labute approximate surface area is 172 Å². The van der Waals surface area contributed by atoms with Crippen LogP contribution in [0.5, 0.6) is 5.75 Å². The van der Waals surface area contributed by atoms with Crippen molar-refractivity contribution in [2.24, 2.45) is 0 Å². The average Bonchev–Trinajstić information content (AvgIpc) is 2.73. The first-order valence-electron chi connectivity index (χ1n) is 9.48. The molecule has 0 aliphatic carbocycles. The topological polar surface area (TPSA) is 70.2 Å². The summed E-state index contributed by atoms with van der Waals surface area (Å²) < 4.78 is 29.9. The molecule has 2 aromatic rings. The Hall–Kier alpha value is -2.74. The van der Waals surface area contributed by atoms with Crippen molar-refractivity contribution in [1.29, 1.82) is 0 Å². The summed E-state index contributed by atoms with van der Waals surface area (Å²) in [4.78, 5) is 16.8. The fraction of sp³-hybridized carbons (Fsp3) is 0.381. The third-order valence-electron chi connectivity index (χ3n) is 5.21. The molecule has 1 aliphatic rings. The number of hydrogen-bond donors (Lipinski definition) is 0. The van der Waals surface area contributed by atoms with E-state index in [1.54, 1.807) is 31.4 Å². The summed E-state index contributed by atoms with van der Waals surface area (Å²) in [7, 11) is -0.123. The van der Waals surface area contributed by atoms with Crippen molar-refractivity contribution in [2.45, 2.75) is 6.42 Å². The quantitative estimate of drug-likeness (QED) is 0.719.